The highest BCUT2D eigenvalue weighted by Gasteiger charge is 2.24. The minimum Gasteiger partial charge on any atom is -0.495 e. The Morgan fingerprint density at radius 3 is 2.57 bits per heavy atom. The van der Waals surface area contributed by atoms with Crippen molar-refractivity contribution in [2.24, 2.45) is 0 Å². The predicted molar refractivity (Wildman–Crippen MR) is 114 cm³/mol. The molecule has 1 atom stereocenters. The van der Waals surface area contributed by atoms with Gasteiger partial charge < -0.3 is 10.1 Å². The van der Waals surface area contributed by atoms with Crippen LogP contribution in [0.1, 0.15) is 24.9 Å². The average molecular weight is 419 g/mol. The molecule has 0 aliphatic carbocycles. The van der Waals surface area contributed by atoms with Crippen LogP contribution in [0.5, 0.6) is 5.75 Å². The van der Waals surface area contributed by atoms with E-state index in [0.29, 0.717) is 33.4 Å². The van der Waals surface area contributed by atoms with Crippen LogP contribution in [0.15, 0.2) is 47.3 Å². The predicted octanol–water partition coefficient (Wildman–Crippen LogP) is 5.22. The Balaban J connectivity index is 2.11. The van der Waals surface area contributed by atoms with Gasteiger partial charge in [-0.3, -0.25) is 14.2 Å². The molecule has 7 heteroatoms. The van der Waals surface area contributed by atoms with Crippen LogP contribution in [-0.2, 0) is 4.79 Å². The van der Waals surface area contributed by atoms with E-state index < -0.39 is 6.04 Å². The molecule has 3 rings (SSSR count). The van der Waals surface area contributed by atoms with Gasteiger partial charge >= 0.3 is 0 Å². The Morgan fingerprint density at radius 1 is 1.18 bits per heavy atom. The monoisotopic (exact) mass is 418 g/mol. The number of pyridine rings is 1. The molecular formula is C21H20Cl2N2O3. The van der Waals surface area contributed by atoms with Gasteiger partial charge in [-0.1, -0.05) is 42.3 Å². The Morgan fingerprint density at radius 2 is 1.93 bits per heavy atom. The highest BCUT2D eigenvalue weighted by molar-refractivity contribution is 6.42. The van der Waals surface area contributed by atoms with Crippen LogP contribution in [0.4, 0.5) is 5.69 Å². The number of amides is 1. The molecule has 28 heavy (non-hydrogen) atoms. The molecule has 0 spiro atoms. The van der Waals surface area contributed by atoms with E-state index in [1.165, 1.54) is 10.6 Å². The van der Waals surface area contributed by atoms with E-state index in [1.54, 1.807) is 31.4 Å². The summed E-state index contributed by atoms with van der Waals surface area (Å²) in [5.74, 6) is 0.220. The van der Waals surface area contributed by atoms with Gasteiger partial charge in [-0.2, -0.15) is 0 Å². The number of carbonyl (C=O) groups is 1. The fourth-order valence-corrected chi connectivity index (χ4v) is 3.59. The number of hydrogen-bond acceptors (Lipinski definition) is 3. The molecule has 5 nitrogen and oxygen atoms in total. The summed E-state index contributed by atoms with van der Waals surface area (Å²) in [5, 5.41) is 4.42. The summed E-state index contributed by atoms with van der Waals surface area (Å²) in [5.41, 5.74) is 1.68. The van der Waals surface area contributed by atoms with Crippen LogP contribution in [0.2, 0.25) is 10.0 Å². The van der Waals surface area contributed by atoms with Gasteiger partial charge in [-0.25, -0.2) is 0 Å². The molecule has 146 valence electrons. The van der Waals surface area contributed by atoms with Gasteiger partial charge in [0.05, 0.1) is 22.7 Å². The zero-order valence-electron chi connectivity index (χ0n) is 15.8. The maximum Gasteiger partial charge on any atom is 0.252 e. The van der Waals surface area contributed by atoms with Crippen molar-refractivity contribution in [3.8, 4) is 5.75 Å². The summed E-state index contributed by atoms with van der Waals surface area (Å²) in [7, 11) is 1.54. The SMILES string of the molecule is CCC(C(=O)Nc1ccc(Cl)c(Cl)c1)n1c(=O)cc(C)c2cccc(OC)c21. The number of halogens is 2. The number of methoxy groups -OCH3 is 1. The molecule has 0 saturated heterocycles. The van der Waals surface area contributed by atoms with E-state index in [9.17, 15) is 9.59 Å². The first kappa shape index (κ1) is 20.2. The van der Waals surface area contributed by atoms with Gasteiger partial charge in [0, 0.05) is 17.1 Å². The van der Waals surface area contributed by atoms with Crippen LogP contribution in [0.25, 0.3) is 10.9 Å². The molecule has 1 heterocycles. The first-order chi connectivity index (χ1) is 13.4. The van der Waals surface area contributed by atoms with E-state index in [1.807, 2.05) is 26.0 Å². The second-order valence-corrected chi connectivity index (χ2v) is 7.25. The van der Waals surface area contributed by atoms with Crippen molar-refractivity contribution in [2.75, 3.05) is 12.4 Å². The zero-order chi connectivity index (χ0) is 20.4. The minimum atomic E-state index is -0.721. The smallest absolute Gasteiger partial charge is 0.252 e. The topological polar surface area (TPSA) is 60.3 Å². The third-order valence-corrected chi connectivity index (χ3v) is 5.39. The van der Waals surface area contributed by atoms with Crippen molar-refractivity contribution in [3.05, 3.63) is 68.4 Å². The molecule has 0 bridgehead atoms. The molecule has 1 amide bonds. The fraction of sp³-hybridized carbons (Fsp3) is 0.238. The number of nitrogens with one attached hydrogen (secondary N) is 1. The van der Waals surface area contributed by atoms with Crippen molar-refractivity contribution >= 4 is 45.7 Å². The molecule has 3 aromatic rings. The Labute approximate surface area is 172 Å². The van der Waals surface area contributed by atoms with Crippen LogP contribution in [0, 0.1) is 6.92 Å². The van der Waals surface area contributed by atoms with E-state index in [2.05, 4.69) is 5.32 Å². The molecule has 0 fully saturated rings. The van der Waals surface area contributed by atoms with Gasteiger partial charge in [-0.05, 0) is 43.2 Å². The van der Waals surface area contributed by atoms with Crippen molar-refractivity contribution in [1.82, 2.24) is 4.57 Å². The highest BCUT2D eigenvalue weighted by atomic mass is 35.5. The average Bonchev–Trinajstić information content (AvgIpc) is 2.67. The molecule has 0 aliphatic rings. The number of rotatable bonds is 5. The van der Waals surface area contributed by atoms with E-state index >= 15 is 0 Å². The second-order valence-electron chi connectivity index (χ2n) is 6.43. The Bertz CT molecular complexity index is 1110. The minimum absolute atomic E-state index is 0.259. The first-order valence-corrected chi connectivity index (χ1v) is 9.57. The summed E-state index contributed by atoms with van der Waals surface area (Å²) in [4.78, 5) is 25.9. The number of anilines is 1. The lowest BCUT2D eigenvalue weighted by atomic mass is 10.1. The Hall–Kier alpha value is -2.50. The van der Waals surface area contributed by atoms with Crippen LogP contribution >= 0.6 is 23.2 Å². The number of carbonyl (C=O) groups excluding carboxylic acids is 1. The Kier molecular flexibility index (Phi) is 5.96. The van der Waals surface area contributed by atoms with Crippen LogP contribution in [0.3, 0.4) is 0 Å². The summed E-state index contributed by atoms with van der Waals surface area (Å²) in [6.45, 7) is 3.72. The number of para-hydroxylation sites is 1. The number of ether oxygens (including phenoxy) is 1. The number of aryl methyl sites for hydroxylation is 1. The molecule has 0 aliphatic heterocycles. The van der Waals surface area contributed by atoms with E-state index in [-0.39, 0.29) is 11.5 Å². The first-order valence-electron chi connectivity index (χ1n) is 8.82. The summed E-state index contributed by atoms with van der Waals surface area (Å²) in [6, 6.07) is 11.2. The largest absolute Gasteiger partial charge is 0.495 e. The lowest BCUT2D eigenvalue weighted by Crippen LogP contribution is -2.33. The summed E-state index contributed by atoms with van der Waals surface area (Å²) < 4.78 is 6.97. The number of hydrogen-bond donors (Lipinski definition) is 1. The number of benzene rings is 2. The standard InChI is InChI=1S/C21H20Cl2N2O3/c1-4-17(21(27)24-13-8-9-15(22)16(23)11-13)25-19(26)10-12(2)14-6-5-7-18(28-3)20(14)25/h5-11,17H,4H2,1-3H3,(H,24,27). The van der Waals surface area contributed by atoms with Crippen LogP contribution < -0.4 is 15.6 Å². The highest BCUT2D eigenvalue weighted by Crippen LogP contribution is 2.30. The molecule has 2 aromatic carbocycles. The molecular weight excluding hydrogens is 399 g/mol. The molecule has 1 unspecified atom stereocenters. The third kappa shape index (κ3) is 3.73. The number of fused-ring (bicyclic) bond motifs is 1. The van der Waals surface area contributed by atoms with Crippen molar-refractivity contribution in [1.29, 1.82) is 0 Å². The van der Waals surface area contributed by atoms with Crippen molar-refractivity contribution < 1.29 is 9.53 Å². The zero-order valence-corrected chi connectivity index (χ0v) is 17.3. The van der Waals surface area contributed by atoms with Gasteiger partial charge in [0.25, 0.3) is 5.56 Å². The number of aromatic nitrogens is 1. The van der Waals surface area contributed by atoms with Gasteiger partial charge in [-0.15, -0.1) is 0 Å². The lowest BCUT2D eigenvalue weighted by molar-refractivity contribution is -0.119. The van der Waals surface area contributed by atoms with E-state index in [4.69, 9.17) is 27.9 Å². The summed E-state index contributed by atoms with van der Waals surface area (Å²) >= 11 is 12.0. The number of nitrogens with zero attached hydrogens (tertiary/aromatic N) is 1. The summed E-state index contributed by atoms with van der Waals surface area (Å²) in [6.07, 6.45) is 0.420. The van der Waals surface area contributed by atoms with Gasteiger partial charge in [0.1, 0.15) is 11.8 Å². The molecule has 0 saturated carbocycles. The third-order valence-electron chi connectivity index (χ3n) is 4.65. The maximum atomic E-state index is 13.0. The fourth-order valence-electron chi connectivity index (χ4n) is 3.29. The lowest BCUT2D eigenvalue weighted by Gasteiger charge is -2.22. The molecule has 1 N–H and O–H groups in total. The van der Waals surface area contributed by atoms with E-state index in [0.717, 1.165) is 10.9 Å². The quantitative estimate of drug-likeness (QED) is 0.617. The van der Waals surface area contributed by atoms with Crippen molar-refractivity contribution in [3.63, 3.8) is 0 Å². The molecule has 1 aromatic heterocycles. The second kappa shape index (κ2) is 8.25. The van der Waals surface area contributed by atoms with Gasteiger partial charge in [0.15, 0.2) is 0 Å². The normalized spacial score (nSPS) is 12.0. The van der Waals surface area contributed by atoms with Crippen LogP contribution in [-0.4, -0.2) is 17.6 Å². The molecule has 0 radical (unpaired) electrons. The van der Waals surface area contributed by atoms with Crippen molar-refractivity contribution in [2.45, 2.75) is 26.3 Å². The van der Waals surface area contributed by atoms with Gasteiger partial charge in [0.2, 0.25) is 5.91 Å². The maximum absolute atomic E-state index is 13.0.